The highest BCUT2D eigenvalue weighted by atomic mass is 15.1. The molecule has 0 aliphatic heterocycles. The Morgan fingerprint density at radius 1 is 0.343 bits per heavy atom. The summed E-state index contributed by atoms with van der Waals surface area (Å²) in [5, 5.41) is 28.0. The second-order valence-corrected chi connectivity index (χ2v) is 27.7. The van der Waals surface area contributed by atoms with E-state index in [2.05, 4.69) is 313 Å². The molecular weight excluding hydrogens is 1310 g/mol. The number of benzene rings is 14. The molecule has 0 saturated heterocycles. The third kappa shape index (κ3) is 11.9. The van der Waals surface area contributed by atoms with Gasteiger partial charge < -0.3 is 13.7 Å². The summed E-state index contributed by atoms with van der Waals surface area (Å²) in [6.07, 6.45) is 8.15. The van der Waals surface area contributed by atoms with Crippen LogP contribution in [0.5, 0.6) is 0 Å². The molecule has 8 nitrogen and oxygen atoms in total. The molecule has 14 aromatic carbocycles. The van der Waals surface area contributed by atoms with Crippen molar-refractivity contribution in [2.75, 3.05) is 0 Å². The molecule has 108 heavy (non-hydrogen) atoms. The molecule has 0 radical (unpaired) electrons. The van der Waals surface area contributed by atoms with Crippen LogP contribution >= 0.6 is 0 Å². The van der Waals surface area contributed by atoms with Crippen molar-refractivity contribution in [2.24, 2.45) is 5.92 Å². The number of fused-ring (bicyclic) bond motifs is 7. The van der Waals surface area contributed by atoms with Crippen LogP contribution in [-0.4, -0.2) is 28.7 Å². The highest BCUT2D eigenvalue weighted by molar-refractivity contribution is 6.14. The molecular formula is C100H70N8. The lowest BCUT2D eigenvalue weighted by atomic mass is 9.98. The maximum Gasteiger partial charge on any atom is 0.166 e. The van der Waals surface area contributed by atoms with Gasteiger partial charge >= 0.3 is 0 Å². The Balaban J connectivity index is 0.877. The van der Waals surface area contributed by atoms with Crippen molar-refractivity contribution in [1.29, 1.82) is 10.5 Å². The molecule has 8 heteroatoms. The molecule has 0 bridgehead atoms. The number of nitriles is 2. The minimum atomic E-state index is 0.167. The van der Waals surface area contributed by atoms with Crippen LogP contribution in [0.15, 0.2) is 346 Å². The zero-order chi connectivity index (χ0) is 72.8. The van der Waals surface area contributed by atoms with Gasteiger partial charge in [0.1, 0.15) is 6.07 Å². The van der Waals surface area contributed by atoms with Gasteiger partial charge in [-0.1, -0.05) is 263 Å². The Labute approximate surface area is 627 Å². The zero-order valence-corrected chi connectivity index (χ0v) is 59.7. The minimum Gasteiger partial charge on any atom is -0.312 e. The first-order chi connectivity index (χ1) is 53.3. The van der Waals surface area contributed by atoms with Crippen LogP contribution in [0.3, 0.4) is 0 Å². The summed E-state index contributed by atoms with van der Waals surface area (Å²) in [4.78, 5) is 16.8. The Morgan fingerprint density at radius 3 is 1.15 bits per heavy atom. The van der Waals surface area contributed by atoms with Crippen LogP contribution in [0.25, 0.3) is 179 Å². The highest BCUT2D eigenvalue weighted by Crippen LogP contribution is 2.45. The SMILES string of the molecule is C=Cc1c(CC(C)/C=C\CC)n(-c2ccc(C#N)cc2-c2nc(-c3ccccc3)nc(-c3ccc(-c4ccc(-n5c6ccc(-c7ccccc7)cc6c6cc(-c7ccccc7)ccc65)c(C#N)c4)cc3-n3c4ccc(-c5ccccc5)cc4c4cc(-c5ccccc5)ccc43)n2)c2ccc(-c3ccccc3)cc12. The van der Waals surface area contributed by atoms with E-state index in [9.17, 15) is 10.5 Å². The number of rotatable bonds is 17. The lowest BCUT2D eigenvalue weighted by Gasteiger charge is -2.19. The molecule has 0 saturated carbocycles. The van der Waals surface area contributed by atoms with E-state index in [1.807, 2.05) is 78.9 Å². The highest BCUT2D eigenvalue weighted by Gasteiger charge is 2.27. The molecule has 0 amide bonds. The summed E-state index contributed by atoms with van der Waals surface area (Å²) in [5.41, 5.74) is 25.4. The van der Waals surface area contributed by atoms with E-state index in [4.69, 9.17) is 15.0 Å². The van der Waals surface area contributed by atoms with Gasteiger partial charge in [-0.15, -0.1) is 0 Å². The van der Waals surface area contributed by atoms with Crippen molar-refractivity contribution in [3.05, 3.63) is 369 Å². The maximum atomic E-state index is 11.6. The van der Waals surface area contributed by atoms with E-state index in [-0.39, 0.29) is 5.92 Å². The fraction of sp³-hybridized carbons (Fsp3) is 0.0500. The van der Waals surface area contributed by atoms with Crippen LogP contribution in [0.4, 0.5) is 0 Å². The van der Waals surface area contributed by atoms with Crippen molar-refractivity contribution in [2.45, 2.75) is 26.7 Å². The van der Waals surface area contributed by atoms with Gasteiger partial charge in [0.15, 0.2) is 17.5 Å². The Kier molecular flexibility index (Phi) is 17.1. The second kappa shape index (κ2) is 28.0. The van der Waals surface area contributed by atoms with Crippen LogP contribution in [-0.2, 0) is 6.42 Å². The normalized spacial score (nSPS) is 11.8. The molecule has 0 aliphatic carbocycles. The van der Waals surface area contributed by atoms with Gasteiger partial charge in [-0.3, -0.25) is 0 Å². The van der Waals surface area contributed by atoms with Gasteiger partial charge in [0, 0.05) is 54.9 Å². The van der Waals surface area contributed by atoms with Crippen LogP contribution in [0, 0.1) is 28.6 Å². The van der Waals surface area contributed by atoms with Gasteiger partial charge in [-0.2, -0.15) is 10.5 Å². The molecule has 0 N–H and O–H groups in total. The molecule has 18 rings (SSSR count). The molecule has 0 spiro atoms. The van der Waals surface area contributed by atoms with Gasteiger partial charge in [-0.05, 0) is 189 Å². The predicted octanol–water partition coefficient (Wildman–Crippen LogP) is 25.5. The topological polar surface area (TPSA) is 101 Å². The predicted molar refractivity (Wildman–Crippen MR) is 446 cm³/mol. The average molecular weight is 1380 g/mol. The average Bonchev–Trinajstić information content (AvgIpc) is 1.59. The molecule has 0 aliphatic rings. The Morgan fingerprint density at radius 2 is 0.713 bits per heavy atom. The first-order valence-corrected chi connectivity index (χ1v) is 36.7. The van der Waals surface area contributed by atoms with Gasteiger partial charge in [0.2, 0.25) is 0 Å². The fourth-order valence-electron chi connectivity index (χ4n) is 15.8. The molecule has 18 aromatic rings. The maximum absolute atomic E-state index is 11.6. The summed E-state index contributed by atoms with van der Waals surface area (Å²) < 4.78 is 6.96. The first kappa shape index (κ1) is 65.7. The summed E-state index contributed by atoms with van der Waals surface area (Å²) in [6, 6.07) is 120. The Hall–Kier alpha value is -14.3. The van der Waals surface area contributed by atoms with E-state index in [0.717, 1.165) is 167 Å². The lowest BCUT2D eigenvalue weighted by molar-refractivity contribution is 0.694. The molecule has 4 heterocycles. The monoisotopic (exact) mass is 1380 g/mol. The standard InChI is InChI=1S/C100H70N8/c1-4-6-25-65(3)54-96-81(5-2)83-57-74(67-26-13-7-14-27-67)41-49-90(83)108(96)95-47-38-66(63-101)55-88(95)100-104-98(72-36-23-12-24-37-72)103-99(105-100)82-46-39-79(62-97(82)107-93-52-44-77(70-32-19-10-20-33-70)60-86(93)87-61-78(45-53-94(87)107)71-34-21-11-22-35-71)73-40-48-89(80(56-73)64-102)106-91-50-42-75(68-28-15-8-16-29-68)58-84(91)85-59-76(43-51-92(85)106)69-30-17-9-18-31-69/h5-53,55-62,65H,2,4,54H2,1,3H3/b25-6-. The van der Waals surface area contributed by atoms with Crippen molar-refractivity contribution < 1.29 is 0 Å². The van der Waals surface area contributed by atoms with E-state index in [0.29, 0.717) is 40.6 Å². The van der Waals surface area contributed by atoms with Crippen LogP contribution < -0.4 is 0 Å². The number of hydrogen-bond acceptors (Lipinski definition) is 5. The molecule has 4 aromatic heterocycles. The van der Waals surface area contributed by atoms with Gasteiger partial charge in [0.05, 0.1) is 61.8 Å². The largest absolute Gasteiger partial charge is 0.312 e. The Bertz CT molecular complexity index is 6460. The third-order valence-corrected chi connectivity index (χ3v) is 21.0. The van der Waals surface area contributed by atoms with Crippen molar-refractivity contribution in [3.8, 4) is 130 Å². The number of hydrogen-bond donors (Lipinski definition) is 0. The molecule has 1 atom stereocenters. The van der Waals surface area contributed by atoms with Crippen molar-refractivity contribution in [1.82, 2.24) is 28.7 Å². The van der Waals surface area contributed by atoms with E-state index in [1.54, 1.807) is 0 Å². The quantitative estimate of drug-likeness (QED) is 0.0846. The molecule has 1 unspecified atom stereocenters. The van der Waals surface area contributed by atoms with Gasteiger partial charge in [0.25, 0.3) is 0 Å². The lowest BCUT2D eigenvalue weighted by Crippen LogP contribution is -2.09. The molecule has 510 valence electrons. The van der Waals surface area contributed by atoms with Crippen LogP contribution in [0.2, 0.25) is 0 Å². The summed E-state index contributed by atoms with van der Waals surface area (Å²) >= 11 is 0. The second-order valence-electron chi connectivity index (χ2n) is 27.7. The first-order valence-electron chi connectivity index (χ1n) is 36.7. The third-order valence-electron chi connectivity index (χ3n) is 21.0. The summed E-state index contributed by atoms with van der Waals surface area (Å²) in [6.45, 7) is 8.91. The smallest absolute Gasteiger partial charge is 0.166 e. The summed E-state index contributed by atoms with van der Waals surface area (Å²) in [5.74, 6) is 1.44. The van der Waals surface area contributed by atoms with Gasteiger partial charge in [-0.25, -0.2) is 15.0 Å². The van der Waals surface area contributed by atoms with Crippen molar-refractivity contribution >= 4 is 60.6 Å². The van der Waals surface area contributed by atoms with E-state index < -0.39 is 0 Å². The number of nitrogens with zero attached hydrogens (tertiary/aromatic N) is 8. The van der Waals surface area contributed by atoms with Crippen molar-refractivity contribution in [3.63, 3.8) is 0 Å². The fourth-order valence-corrected chi connectivity index (χ4v) is 15.8. The number of allylic oxidation sites excluding steroid dienone is 2. The summed E-state index contributed by atoms with van der Waals surface area (Å²) in [7, 11) is 0. The van der Waals surface area contributed by atoms with Crippen LogP contribution in [0.1, 0.15) is 42.7 Å². The molecule has 0 fully saturated rings. The van der Waals surface area contributed by atoms with E-state index >= 15 is 0 Å². The minimum absolute atomic E-state index is 0.167. The zero-order valence-electron chi connectivity index (χ0n) is 59.7. The van der Waals surface area contributed by atoms with E-state index in [1.165, 1.54) is 0 Å². The number of aromatic nitrogens is 6.